The van der Waals surface area contributed by atoms with Crippen molar-refractivity contribution in [2.45, 2.75) is 25.4 Å². The van der Waals surface area contributed by atoms with Crippen LogP contribution in [0.3, 0.4) is 0 Å². The summed E-state index contributed by atoms with van der Waals surface area (Å²) in [7, 11) is -3.32. The first-order valence-corrected chi connectivity index (χ1v) is 15.8. The Morgan fingerprint density at radius 2 is 1.95 bits per heavy atom. The van der Waals surface area contributed by atoms with E-state index in [0.29, 0.717) is 32.9 Å². The minimum absolute atomic E-state index is 0.0122. The van der Waals surface area contributed by atoms with Crippen LogP contribution in [0.15, 0.2) is 54.9 Å². The first-order chi connectivity index (χ1) is 21.1. The lowest BCUT2D eigenvalue weighted by Crippen LogP contribution is -2.35. The van der Waals surface area contributed by atoms with E-state index in [2.05, 4.69) is 25.1 Å². The molecule has 0 saturated heterocycles. The van der Waals surface area contributed by atoms with Gasteiger partial charge in [0.1, 0.15) is 12.4 Å². The van der Waals surface area contributed by atoms with Crippen molar-refractivity contribution in [3.05, 3.63) is 66.2 Å². The summed E-state index contributed by atoms with van der Waals surface area (Å²) in [6.45, 7) is -0.255. The third-order valence-electron chi connectivity index (χ3n) is 6.42. The van der Waals surface area contributed by atoms with Gasteiger partial charge in [0, 0.05) is 56.5 Å². The highest BCUT2D eigenvalue weighted by Crippen LogP contribution is 2.39. The number of amides is 3. The third kappa shape index (κ3) is 8.56. The summed E-state index contributed by atoms with van der Waals surface area (Å²) >= 11 is 1.36. The van der Waals surface area contributed by atoms with Crippen molar-refractivity contribution in [3.63, 3.8) is 0 Å². The maximum atomic E-state index is 14.9. The normalized spacial score (nSPS) is 13.1. The lowest BCUT2D eigenvalue weighted by Gasteiger charge is -2.22. The monoisotopic (exact) mass is 645 g/mol. The number of hydrogen-bond donors (Lipinski definition) is 4. The van der Waals surface area contributed by atoms with Crippen LogP contribution in [0.25, 0.3) is 20.8 Å². The van der Waals surface area contributed by atoms with Crippen LogP contribution < -0.4 is 15.4 Å². The molecular formula is C28H29FN5O8PS. The van der Waals surface area contributed by atoms with E-state index in [4.69, 9.17) is 19.3 Å². The number of methoxy groups -OCH3 is 1. The van der Waals surface area contributed by atoms with E-state index in [1.165, 1.54) is 35.5 Å². The van der Waals surface area contributed by atoms with Gasteiger partial charge in [0.15, 0.2) is 11.6 Å². The van der Waals surface area contributed by atoms with Crippen molar-refractivity contribution < 1.29 is 42.3 Å². The molecule has 3 aromatic heterocycles. The van der Waals surface area contributed by atoms with Gasteiger partial charge >= 0.3 is 13.9 Å². The summed E-state index contributed by atoms with van der Waals surface area (Å²) in [5.41, 5.74) is 2.25. The summed E-state index contributed by atoms with van der Waals surface area (Å²) < 4.78 is 41.8. The average molecular weight is 646 g/mol. The summed E-state index contributed by atoms with van der Waals surface area (Å²) in [6, 6.07) is 11.0. The molecule has 13 nitrogen and oxygen atoms in total. The molecule has 0 spiro atoms. The first-order valence-electron chi connectivity index (χ1n) is 13.4. The van der Waals surface area contributed by atoms with Gasteiger partial charge in [-0.2, -0.15) is 0 Å². The SMILES string of the molecule is COCCN(Cc1ccc(-c2cc3nccc(Oc4ccc(NC(=O)NC5CC5)cc4F)c3s2)nc1)C(=O)COP(=O)(O)O. The molecule has 5 rings (SSSR count). The number of nitrogens with zero attached hydrogens (tertiary/aromatic N) is 3. The molecule has 1 aromatic carbocycles. The lowest BCUT2D eigenvalue weighted by molar-refractivity contribution is -0.135. The quantitative estimate of drug-likeness (QED) is 0.150. The second kappa shape index (κ2) is 13.8. The van der Waals surface area contributed by atoms with Crippen LogP contribution in [-0.4, -0.2) is 69.5 Å². The van der Waals surface area contributed by atoms with Gasteiger partial charge in [-0.05, 0) is 42.7 Å². The van der Waals surface area contributed by atoms with Crippen molar-refractivity contribution in [2.75, 3.05) is 32.2 Å². The number of thiophene rings is 1. The number of anilines is 1. The predicted molar refractivity (Wildman–Crippen MR) is 160 cm³/mol. The van der Waals surface area contributed by atoms with Crippen molar-refractivity contribution in [1.82, 2.24) is 20.2 Å². The fourth-order valence-electron chi connectivity index (χ4n) is 4.09. The first kappa shape index (κ1) is 31.4. The van der Waals surface area contributed by atoms with Crippen LogP contribution in [0.4, 0.5) is 14.9 Å². The van der Waals surface area contributed by atoms with Crippen LogP contribution in [0, 0.1) is 5.82 Å². The minimum atomic E-state index is -4.79. The molecule has 16 heteroatoms. The van der Waals surface area contributed by atoms with E-state index in [1.54, 1.807) is 36.7 Å². The van der Waals surface area contributed by atoms with Crippen LogP contribution in [0.5, 0.6) is 11.5 Å². The van der Waals surface area contributed by atoms with Crippen LogP contribution in [-0.2, 0) is 25.2 Å². The Bertz CT molecular complexity index is 1700. The average Bonchev–Trinajstić information content (AvgIpc) is 3.68. The molecule has 232 valence electrons. The number of carbonyl (C=O) groups excluding carboxylic acids is 2. The minimum Gasteiger partial charge on any atom is -0.453 e. The number of aromatic nitrogens is 2. The fourth-order valence-corrected chi connectivity index (χ4v) is 5.41. The number of ether oxygens (including phenoxy) is 2. The molecule has 0 bridgehead atoms. The highest BCUT2D eigenvalue weighted by molar-refractivity contribution is 7.46. The molecule has 1 saturated carbocycles. The van der Waals surface area contributed by atoms with Gasteiger partial charge in [-0.1, -0.05) is 6.07 Å². The van der Waals surface area contributed by atoms with Gasteiger partial charge in [0.2, 0.25) is 5.91 Å². The topological polar surface area (TPSA) is 172 Å². The van der Waals surface area contributed by atoms with Crippen molar-refractivity contribution in [1.29, 1.82) is 0 Å². The Labute approximate surface area is 255 Å². The molecule has 4 N–H and O–H groups in total. The Kier molecular flexibility index (Phi) is 9.84. The van der Waals surface area contributed by atoms with Gasteiger partial charge in [-0.15, -0.1) is 11.3 Å². The molecule has 3 heterocycles. The van der Waals surface area contributed by atoms with E-state index < -0.39 is 26.2 Å². The number of pyridine rings is 2. The Balaban J connectivity index is 1.27. The molecule has 3 amide bonds. The second-order valence-corrected chi connectivity index (χ2v) is 12.2. The molecule has 0 atom stereocenters. The highest BCUT2D eigenvalue weighted by Gasteiger charge is 2.24. The number of fused-ring (bicyclic) bond motifs is 1. The molecule has 0 aliphatic heterocycles. The molecule has 4 aromatic rings. The van der Waals surface area contributed by atoms with Crippen molar-refractivity contribution in [3.8, 4) is 22.1 Å². The Morgan fingerprint density at radius 3 is 2.64 bits per heavy atom. The smallest absolute Gasteiger partial charge is 0.453 e. The molecular weight excluding hydrogens is 616 g/mol. The molecule has 0 unspecified atom stereocenters. The highest BCUT2D eigenvalue weighted by atomic mass is 32.1. The maximum absolute atomic E-state index is 14.9. The Hall–Kier alpha value is -3.98. The second-order valence-electron chi connectivity index (χ2n) is 9.88. The molecule has 1 fully saturated rings. The number of carbonyl (C=O) groups is 2. The number of urea groups is 1. The van der Waals surface area contributed by atoms with E-state index in [-0.39, 0.29) is 37.5 Å². The Morgan fingerprint density at radius 1 is 1.14 bits per heavy atom. The van der Waals surface area contributed by atoms with Crippen molar-refractivity contribution in [2.24, 2.45) is 0 Å². The van der Waals surface area contributed by atoms with Crippen molar-refractivity contribution >= 4 is 47.0 Å². The van der Waals surface area contributed by atoms with E-state index in [9.17, 15) is 18.5 Å². The van der Waals surface area contributed by atoms with Gasteiger partial charge < -0.3 is 34.8 Å². The number of phosphoric acid groups is 1. The molecule has 0 radical (unpaired) electrons. The molecule has 44 heavy (non-hydrogen) atoms. The van der Waals surface area contributed by atoms with Crippen LogP contribution in [0.1, 0.15) is 18.4 Å². The maximum Gasteiger partial charge on any atom is 0.470 e. The number of halogens is 1. The molecule has 1 aliphatic carbocycles. The number of benzene rings is 1. The third-order valence-corrected chi connectivity index (χ3v) is 8.05. The van der Waals surface area contributed by atoms with E-state index in [1.807, 2.05) is 6.07 Å². The van der Waals surface area contributed by atoms with Gasteiger partial charge in [0.25, 0.3) is 0 Å². The number of rotatable bonds is 13. The standard InChI is InChI=1S/C28H29FN5O8PS/c1-40-11-10-34(26(35)16-41-43(37,38)39)15-17-2-6-21(31-14-17)25-13-22-27(44-25)24(8-9-30-22)42-23-7-5-19(12-20(23)29)33-28(36)32-18-3-4-18/h2,5-9,12-14,18H,3-4,10-11,15-16H2,1H3,(H2,32,33,36)(H2,37,38,39). The van der Waals surface area contributed by atoms with Crippen LogP contribution in [0.2, 0.25) is 0 Å². The zero-order valence-corrected chi connectivity index (χ0v) is 25.1. The van der Waals surface area contributed by atoms with E-state index >= 15 is 0 Å². The summed E-state index contributed by atoms with van der Waals surface area (Å²) in [6.07, 6.45) is 5.04. The number of phosphoric ester groups is 1. The predicted octanol–water partition coefficient (Wildman–Crippen LogP) is 4.66. The van der Waals surface area contributed by atoms with Gasteiger partial charge in [0.05, 0.1) is 27.4 Å². The van der Waals surface area contributed by atoms with Gasteiger partial charge in [-0.25, -0.2) is 13.8 Å². The van der Waals surface area contributed by atoms with Crippen LogP contribution >= 0.6 is 19.2 Å². The fraction of sp³-hybridized carbons (Fsp3) is 0.286. The number of hydrogen-bond acceptors (Lipinski definition) is 9. The lowest BCUT2D eigenvalue weighted by atomic mass is 10.2. The summed E-state index contributed by atoms with van der Waals surface area (Å²) in [5.74, 6) is -0.862. The number of nitrogens with one attached hydrogen (secondary N) is 2. The zero-order chi connectivity index (χ0) is 31.3. The summed E-state index contributed by atoms with van der Waals surface area (Å²) in [4.78, 5) is 53.3. The zero-order valence-electron chi connectivity index (χ0n) is 23.4. The van der Waals surface area contributed by atoms with Gasteiger partial charge in [-0.3, -0.25) is 19.3 Å². The largest absolute Gasteiger partial charge is 0.470 e. The summed E-state index contributed by atoms with van der Waals surface area (Å²) in [5, 5.41) is 5.40. The molecule has 1 aliphatic rings. The van der Waals surface area contributed by atoms with E-state index in [0.717, 1.165) is 17.7 Å².